The zero-order valence-corrected chi connectivity index (χ0v) is 13.2. The first-order valence-corrected chi connectivity index (χ1v) is 8.56. The van der Waals surface area contributed by atoms with Gasteiger partial charge < -0.3 is 9.42 Å². The molecule has 1 saturated heterocycles. The molecule has 2 saturated carbocycles. The van der Waals surface area contributed by atoms with E-state index in [1.807, 2.05) is 0 Å². The van der Waals surface area contributed by atoms with Crippen LogP contribution in [-0.4, -0.2) is 51.5 Å². The molecule has 1 atom stereocenters. The molecule has 4 rings (SSSR count). The van der Waals surface area contributed by atoms with Crippen LogP contribution in [0.1, 0.15) is 56.7 Å². The molecule has 2 aliphatic carbocycles. The van der Waals surface area contributed by atoms with E-state index in [1.54, 1.807) is 0 Å². The average Bonchev–Trinajstić information content (AvgIpc) is 3.19. The maximum atomic E-state index is 12.2. The Hall–Kier alpha value is -1.43. The molecule has 1 amide bonds. The first kappa shape index (κ1) is 14.2. The van der Waals surface area contributed by atoms with Crippen molar-refractivity contribution in [2.24, 2.45) is 5.92 Å². The summed E-state index contributed by atoms with van der Waals surface area (Å²) in [7, 11) is 0. The Balaban J connectivity index is 1.32. The minimum atomic E-state index is 0.274. The third kappa shape index (κ3) is 2.76. The van der Waals surface area contributed by atoms with Gasteiger partial charge in [0.15, 0.2) is 5.82 Å². The second-order valence-electron chi connectivity index (χ2n) is 7.06. The SMILES string of the molecule is C[C@H]1CN(Cc2nc(C3CCC3)no2)CCN1C(=O)C1CC1. The van der Waals surface area contributed by atoms with E-state index in [0.29, 0.717) is 24.3 Å². The molecule has 2 heterocycles. The van der Waals surface area contributed by atoms with Crippen molar-refractivity contribution < 1.29 is 9.32 Å². The van der Waals surface area contributed by atoms with Gasteiger partial charge in [0.1, 0.15) is 0 Å². The van der Waals surface area contributed by atoms with Gasteiger partial charge in [-0.05, 0) is 32.6 Å². The van der Waals surface area contributed by atoms with Crippen molar-refractivity contribution in [3.8, 4) is 0 Å². The first-order chi connectivity index (χ1) is 10.7. The number of amides is 1. The van der Waals surface area contributed by atoms with Crippen molar-refractivity contribution in [2.75, 3.05) is 19.6 Å². The van der Waals surface area contributed by atoms with Gasteiger partial charge in [0, 0.05) is 37.5 Å². The van der Waals surface area contributed by atoms with Gasteiger partial charge in [-0.3, -0.25) is 9.69 Å². The Labute approximate surface area is 130 Å². The van der Waals surface area contributed by atoms with E-state index in [2.05, 4.69) is 26.9 Å². The highest BCUT2D eigenvalue weighted by Gasteiger charge is 2.37. The van der Waals surface area contributed by atoms with Gasteiger partial charge in [-0.2, -0.15) is 4.98 Å². The third-order valence-electron chi connectivity index (χ3n) is 5.23. The van der Waals surface area contributed by atoms with Crippen LogP contribution in [0.15, 0.2) is 4.52 Å². The molecule has 6 heteroatoms. The molecule has 22 heavy (non-hydrogen) atoms. The van der Waals surface area contributed by atoms with Crippen LogP contribution < -0.4 is 0 Å². The fourth-order valence-corrected chi connectivity index (χ4v) is 3.42. The van der Waals surface area contributed by atoms with Crippen LogP contribution in [0.3, 0.4) is 0 Å². The largest absolute Gasteiger partial charge is 0.338 e. The van der Waals surface area contributed by atoms with Crippen molar-refractivity contribution in [1.82, 2.24) is 19.9 Å². The number of nitrogens with zero attached hydrogens (tertiary/aromatic N) is 4. The van der Waals surface area contributed by atoms with Crippen LogP contribution in [-0.2, 0) is 11.3 Å². The number of carbonyl (C=O) groups excluding carboxylic acids is 1. The van der Waals surface area contributed by atoms with Crippen LogP contribution in [0.5, 0.6) is 0 Å². The standard InChI is InChI=1S/C16H24N4O2/c1-11-9-19(7-8-20(11)16(21)13-5-6-13)10-14-17-15(18-22-14)12-3-2-4-12/h11-13H,2-10H2,1H3/t11-/m0/s1. The van der Waals surface area contributed by atoms with Crippen LogP contribution in [0, 0.1) is 5.92 Å². The van der Waals surface area contributed by atoms with Gasteiger partial charge in [0.2, 0.25) is 11.8 Å². The first-order valence-electron chi connectivity index (χ1n) is 8.56. The summed E-state index contributed by atoms with van der Waals surface area (Å²) >= 11 is 0. The van der Waals surface area contributed by atoms with Crippen molar-refractivity contribution in [2.45, 2.75) is 57.5 Å². The van der Waals surface area contributed by atoms with E-state index < -0.39 is 0 Å². The maximum absolute atomic E-state index is 12.2. The van der Waals surface area contributed by atoms with Crippen LogP contribution in [0.2, 0.25) is 0 Å². The minimum absolute atomic E-state index is 0.274. The van der Waals surface area contributed by atoms with Gasteiger partial charge >= 0.3 is 0 Å². The van der Waals surface area contributed by atoms with E-state index in [4.69, 9.17) is 4.52 Å². The molecule has 1 aliphatic heterocycles. The highest BCUT2D eigenvalue weighted by molar-refractivity contribution is 5.81. The smallest absolute Gasteiger partial charge is 0.240 e. The third-order valence-corrected chi connectivity index (χ3v) is 5.23. The Morgan fingerprint density at radius 3 is 2.73 bits per heavy atom. The lowest BCUT2D eigenvalue weighted by atomic mass is 9.85. The lowest BCUT2D eigenvalue weighted by molar-refractivity contribution is -0.137. The predicted octanol–water partition coefficient (Wildman–Crippen LogP) is 1.78. The molecule has 0 spiro atoms. The molecule has 120 valence electrons. The number of rotatable bonds is 4. The molecule has 3 fully saturated rings. The summed E-state index contributed by atoms with van der Waals surface area (Å²) < 4.78 is 5.40. The Kier molecular flexibility index (Phi) is 3.64. The molecule has 0 unspecified atom stereocenters. The summed E-state index contributed by atoms with van der Waals surface area (Å²) in [5, 5.41) is 4.12. The van der Waals surface area contributed by atoms with Crippen molar-refractivity contribution in [3.63, 3.8) is 0 Å². The maximum Gasteiger partial charge on any atom is 0.240 e. The van der Waals surface area contributed by atoms with E-state index in [9.17, 15) is 4.79 Å². The fourth-order valence-electron chi connectivity index (χ4n) is 3.42. The quantitative estimate of drug-likeness (QED) is 0.848. The van der Waals surface area contributed by atoms with Crippen molar-refractivity contribution >= 4 is 5.91 Å². The molecule has 1 aromatic heterocycles. The molecule has 3 aliphatic rings. The number of piperazine rings is 1. The summed E-state index contributed by atoms with van der Waals surface area (Å²) in [4.78, 5) is 21.1. The van der Waals surface area contributed by atoms with Gasteiger partial charge in [-0.1, -0.05) is 11.6 Å². The highest BCUT2D eigenvalue weighted by Crippen LogP contribution is 2.34. The molecule has 0 aromatic carbocycles. The highest BCUT2D eigenvalue weighted by atomic mass is 16.5. The molecular weight excluding hydrogens is 280 g/mol. The van der Waals surface area contributed by atoms with Gasteiger partial charge in [0.25, 0.3) is 0 Å². The topological polar surface area (TPSA) is 62.5 Å². The van der Waals surface area contributed by atoms with E-state index in [0.717, 1.165) is 44.2 Å². The zero-order chi connectivity index (χ0) is 15.1. The number of hydrogen-bond acceptors (Lipinski definition) is 5. The number of aromatic nitrogens is 2. The Morgan fingerprint density at radius 2 is 2.09 bits per heavy atom. The number of hydrogen-bond donors (Lipinski definition) is 0. The Bertz CT molecular complexity index is 550. The minimum Gasteiger partial charge on any atom is -0.338 e. The summed E-state index contributed by atoms with van der Waals surface area (Å²) in [6, 6.07) is 0.274. The Morgan fingerprint density at radius 1 is 1.27 bits per heavy atom. The van der Waals surface area contributed by atoms with Gasteiger partial charge in [0.05, 0.1) is 6.54 Å². The second kappa shape index (κ2) is 5.65. The molecular formula is C16H24N4O2. The molecule has 6 nitrogen and oxygen atoms in total. The molecule has 0 bridgehead atoms. The normalized spacial score (nSPS) is 27.0. The van der Waals surface area contributed by atoms with Gasteiger partial charge in [-0.25, -0.2) is 0 Å². The molecule has 1 aromatic rings. The van der Waals surface area contributed by atoms with E-state index >= 15 is 0 Å². The zero-order valence-electron chi connectivity index (χ0n) is 13.2. The summed E-state index contributed by atoms with van der Waals surface area (Å²) in [6.45, 7) is 5.44. The van der Waals surface area contributed by atoms with Crippen molar-refractivity contribution in [1.29, 1.82) is 0 Å². The van der Waals surface area contributed by atoms with Crippen LogP contribution >= 0.6 is 0 Å². The van der Waals surface area contributed by atoms with Crippen LogP contribution in [0.25, 0.3) is 0 Å². The average molecular weight is 304 g/mol. The second-order valence-corrected chi connectivity index (χ2v) is 7.06. The predicted molar refractivity (Wildman–Crippen MR) is 80.1 cm³/mol. The van der Waals surface area contributed by atoms with E-state index in [1.165, 1.54) is 19.3 Å². The lowest BCUT2D eigenvalue weighted by Crippen LogP contribution is -2.54. The summed E-state index contributed by atoms with van der Waals surface area (Å²) in [5.41, 5.74) is 0. The molecule has 0 N–H and O–H groups in total. The van der Waals surface area contributed by atoms with Gasteiger partial charge in [-0.15, -0.1) is 0 Å². The summed E-state index contributed by atoms with van der Waals surface area (Å²) in [5.74, 6) is 2.80. The monoisotopic (exact) mass is 304 g/mol. The van der Waals surface area contributed by atoms with Crippen molar-refractivity contribution in [3.05, 3.63) is 11.7 Å². The lowest BCUT2D eigenvalue weighted by Gasteiger charge is -2.39. The number of carbonyl (C=O) groups is 1. The fraction of sp³-hybridized carbons (Fsp3) is 0.812. The molecule has 0 radical (unpaired) electrons. The van der Waals surface area contributed by atoms with E-state index in [-0.39, 0.29) is 6.04 Å². The van der Waals surface area contributed by atoms with Crippen LogP contribution in [0.4, 0.5) is 0 Å². The summed E-state index contributed by atoms with van der Waals surface area (Å²) in [6.07, 6.45) is 5.83.